The number of benzene rings is 3. The van der Waals surface area contributed by atoms with Gasteiger partial charge in [-0.25, -0.2) is 13.1 Å². The normalized spacial score (nSPS) is 12.5. The summed E-state index contributed by atoms with van der Waals surface area (Å²) in [6.07, 6.45) is 1.98. The van der Waals surface area contributed by atoms with Gasteiger partial charge in [0.2, 0.25) is 10.0 Å². The molecule has 3 aromatic carbocycles. The predicted octanol–water partition coefficient (Wildman–Crippen LogP) is 4.03. The number of para-hydroxylation sites is 1. The van der Waals surface area contributed by atoms with E-state index in [0.717, 1.165) is 22.0 Å². The van der Waals surface area contributed by atoms with E-state index in [1.807, 2.05) is 54.7 Å². The number of hydrogen-bond acceptors (Lipinski definition) is 3. The Balaban J connectivity index is 1.60. The van der Waals surface area contributed by atoms with Crippen molar-refractivity contribution >= 4 is 26.8 Å². The Bertz CT molecular complexity index is 1330. The van der Waals surface area contributed by atoms with Crippen molar-refractivity contribution in [2.75, 3.05) is 13.1 Å². The highest BCUT2D eigenvalue weighted by molar-refractivity contribution is 7.89. The fourth-order valence-corrected chi connectivity index (χ4v) is 4.94. The van der Waals surface area contributed by atoms with Crippen LogP contribution in [0.3, 0.4) is 0 Å². The molecule has 4 rings (SSSR count). The second-order valence-corrected chi connectivity index (χ2v) is 9.26. The molecule has 0 saturated carbocycles. The van der Waals surface area contributed by atoms with Gasteiger partial charge < -0.3 is 10.3 Å². The van der Waals surface area contributed by atoms with Gasteiger partial charge in [0.15, 0.2) is 0 Å². The number of fused-ring (bicyclic) bond motifs is 1. The van der Waals surface area contributed by atoms with Crippen LogP contribution in [0.1, 0.15) is 34.3 Å². The van der Waals surface area contributed by atoms with E-state index in [-0.39, 0.29) is 23.3 Å². The maximum Gasteiger partial charge on any atom is 0.251 e. The molecule has 0 aliphatic carbocycles. The molecule has 32 heavy (non-hydrogen) atoms. The van der Waals surface area contributed by atoms with E-state index in [1.165, 1.54) is 12.1 Å². The number of carbonyl (C=O) groups excluding carboxylic acids is 1. The van der Waals surface area contributed by atoms with Crippen molar-refractivity contribution in [3.05, 3.63) is 102 Å². The highest BCUT2D eigenvalue weighted by Crippen LogP contribution is 2.30. The first-order chi connectivity index (χ1) is 15.5. The molecule has 3 N–H and O–H groups in total. The van der Waals surface area contributed by atoms with Gasteiger partial charge in [-0.15, -0.1) is 0 Å². The number of hydrogen-bond donors (Lipinski definition) is 3. The first-order valence-electron chi connectivity index (χ1n) is 10.5. The van der Waals surface area contributed by atoms with E-state index < -0.39 is 10.0 Å². The van der Waals surface area contributed by atoms with E-state index >= 15 is 0 Å². The fourth-order valence-electron chi connectivity index (χ4n) is 3.85. The lowest BCUT2D eigenvalue weighted by Crippen LogP contribution is -2.29. The molecule has 6 nitrogen and oxygen atoms in total. The summed E-state index contributed by atoms with van der Waals surface area (Å²) in [6.45, 7) is 2.36. The van der Waals surface area contributed by atoms with Crippen LogP contribution >= 0.6 is 0 Å². The smallest absolute Gasteiger partial charge is 0.251 e. The second kappa shape index (κ2) is 9.38. The summed E-state index contributed by atoms with van der Waals surface area (Å²) in [5.41, 5.74) is 3.52. The maximum atomic E-state index is 12.9. The Hall–Kier alpha value is -3.42. The number of carbonyl (C=O) groups is 1. The number of amides is 1. The Morgan fingerprint density at radius 1 is 0.969 bits per heavy atom. The summed E-state index contributed by atoms with van der Waals surface area (Å²) in [7, 11) is -3.63. The molecule has 1 aromatic heterocycles. The molecular weight excluding hydrogens is 422 g/mol. The zero-order valence-electron chi connectivity index (χ0n) is 17.7. The number of sulfonamides is 1. The second-order valence-electron chi connectivity index (χ2n) is 7.49. The summed E-state index contributed by atoms with van der Waals surface area (Å²) in [5, 5.41) is 4.10. The van der Waals surface area contributed by atoms with E-state index in [4.69, 9.17) is 0 Å². The van der Waals surface area contributed by atoms with Crippen LogP contribution in [-0.4, -0.2) is 32.4 Å². The van der Waals surface area contributed by atoms with Crippen LogP contribution in [0.4, 0.5) is 0 Å². The molecule has 0 saturated heterocycles. The molecular formula is C25H25N3O3S. The van der Waals surface area contributed by atoms with Crippen LogP contribution in [0, 0.1) is 0 Å². The Kier molecular flexibility index (Phi) is 6.39. The molecule has 1 amide bonds. The number of aromatic amines is 1. The summed E-state index contributed by atoms with van der Waals surface area (Å²) in [5.74, 6) is -0.385. The molecule has 0 aliphatic heterocycles. The maximum absolute atomic E-state index is 12.9. The molecule has 4 aromatic rings. The van der Waals surface area contributed by atoms with Crippen LogP contribution < -0.4 is 10.0 Å². The Morgan fingerprint density at radius 2 is 1.72 bits per heavy atom. The monoisotopic (exact) mass is 447 g/mol. The van der Waals surface area contributed by atoms with Crippen molar-refractivity contribution in [2.24, 2.45) is 0 Å². The zero-order valence-corrected chi connectivity index (χ0v) is 18.5. The van der Waals surface area contributed by atoms with Crippen LogP contribution in [0.15, 0.2) is 90.0 Å². The van der Waals surface area contributed by atoms with Crippen molar-refractivity contribution in [1.29, 1.82) is 0 Å². The molecule has 0 fully saturated rings. The standard InChI is InChI=1S/C25H25N3O3S/c1-2-28-32(30,31)20-12-8-11-19(15-20)25(29)27-16-22(18-9-4-3-5-10-18)23-17-26-24-14-7-6-13-21(23)24/h3-15,17,22,26,28H,2,16H2,1H3,(H,27,29). The molecule has 0 spiro atoms. The average molecular weight is 448 g/mol. The van der Waals surface area contributed by atoms with Gasteiger partial charge in [-0.05, 0) is 35.4 Å². The first kappa shape index (κ1) is 21.8. The topological polar surface area (TPSA) is 91.1 Å². The van der Waals surface area contributed by atoms with Gasteiger partial charge >= 0.3 is 0 Å². The molecule has 1 atom stereocenters. The molecule has 1 heterocycles. The van der Waals surface area contributed by atoms with E-state index in [2.05, 4.69) is 21.1 Å². The largest absolute Gasteiger partial charge is 0.361 e. The van der Waals surface area contributed by atoms with Crippen molar-refractivity contribution in [3.63, 3.8) is 0 Å². The van der Waals surface area contributed by atoms with Crippen molar-refractivity contribution in [2.45, 2.75) is 17.7 Å². The molecule has 0 bridgehead atoms. The van der Waals surface area contributed by atoms with E-state index in [1.54, 1.807) is 19.1 Å². The third-order valence-corrected chi connectivity index (χ3v) is 6.95. The van der Waals surface area contributed by atoms with Gasteiger partial charge in [0.25, 0.3) is 5.91 Å². The molecule has 0 radical (unpaired) electrons. The Labute approximate surface area is 187 Å². The molecule has 1 unspecified atom stereocenters. The minimum absolute atomic E-state index is 0.0648. The molecule has 164 valence electrons. The SMILES string of the molecule is CCNS(=O)(=O)c1cccc(C(=O)NCC(c2ccccc2)c2c[nH]c3ccccc23)c1. The summed E-state index contributed by atoms with van der Waals surface area (Å²) in [4.78, 5) is 16.3. The Morgan fingerprint density at radius 3 is 2.50 bits per heavy atom. The predicted molar refractivity (Wildman–Crippen MR) is 126 cm³/mol. The average Bonchev–Trinajstić information content (AvgIpc) is 3.24. The number of aromatic nitrogens is 1. The summed E-state index contributed by atoms with van der Waals surface area (Å²) < 4.78 is 27.0. The lowest BCUT2D eigenvalue weighted by atomic mass is 9.91. The number of rotatable bonds is 8. The lowest BCUT2D eigenvalue weighted by molar-refractivity contribution is 0.0952. The van der Waals surface area contributed by atoms with Gasteiger partial charge in [0.1, 0.15) is 0 Å². The van der Waals surface area contributed by atoms with Gasteiger partial charge in [0, 0.05) is 41.7 Å². The van der Waals surface area contributed by atoms with E-state index in [9.17, 15) is 13.2 Å². The fraction of sp³-hybridized carbons (Fsp3) is 0.160. The quantitative estimate of drug-likeness (QED) is 0.381. The third kappa shape index (κ3) is 4.59. The minimum Gasteiger partial charge on any atom is -0.361 e. The lowest BCUT2D eigenvalue weighted by Gasteiger charge is -2.18. The van der Waals surface area contributed by atoms with Crippen molar-refractivity contribution < 1.29 is 13.2 Å². The van der Waals surface area contributed by atoms with Crippen LogP contribution in [-0.2, 0) is 10.0 Å². The van der Waals surface area contributed by atoms with Crippen LogP contribution in [0.5, 0.6) is 0 Å². The number of nitrogens with one attached hydrogen (secondary N) is 3. The zero-order chi connectivity index (χ0) is 22.6. The van der Waals surface area contributed by atoms with E-state index in [0.29, 0.717) is 12.1 Å². The minimum atomic E-state index is -3.63. The summed E-state index contributed by atoms with van der Waals surface area (Å²) >= 11 is 0. The van der Waals surface area contributed by atoms with Gasteiger partial charge in [-0.2, -0.15) is 0 Å². The highest BCUT2D eigenvalue weighted by Gasteiger charge is 2.20. The molecule has 0 aliphatic rings. The third-order valence-electron chi connectivity index (χ3n) is 5.41. The highest BCUT2D eigenvalue weighted by atomic mass is 32.2. The summed E-state index contributed by atoms with van der Waals surface area (Å²) in [6, 6.07) is 24.1. The van der Waals surface area contributed by atoms with Crippen molar-refractivity contribution in [1.82, 2.24) is 15.0 Å². The molecule has 7 heteroatoms. The number of H-pyrrole nitrogens is 1. The van der Waals surface area contributed by atoms with Crippen molar-refractivity contribution in [3.8, 4) is 0 Å². The first-order valence-corrected chi connectivity index (χ1v) is 12.0. The van der Waals surface area contributed by atoms with Gasteiger partial charge in [-0.3, -0.25) is 4.79 Å². The van der Waals surface area contributed by atoms with Crippen LogP contribution in [0.2, 0.25) is 0 Å². The van der Waals surface area contributed by atoms with Gasteiger partial charge in [0.05, 0.1) is 4.90 Å². The van der Waals surface area contributed by atoms with Crippen LogP contribution in [0.25, 0.3) is 10.9 Å². The van der Waals surface area contributed by atoms with Gasteiger partial charge in [-0.1, -0.05) is 61.5 Å².